The van der Waals surface area contributed by atoms with E-state index in [1.165, 1.54) is 122 Å². The molecule has 0 saturated carbocycles. The van der Waals surface area contributed by atoms with Gasteiger partial charge in [-0.05, 0) is 25.3 Å². The van der Waals surface area contributed by atoms with Crippen molar-refractivity contribution in [2.24, 2.45) is 5.73 Å². The van der Waals surface area contributed by atoms with Crippen molar-refractivity contribution in [3.63, 3.8) is 0 Å². The van der Waals surface area contributed by atoms with Crippen LogP contribution in [0.2, 0.25) is 0 Å². The Hall–Kier alpha value is -0.920. The molecule has 0 aromatic heterocycles. The highest BCUT2D eigenvalue weighted by molar-refractivity contribution is 7.47. The van der Waals surface area contributed by atoms with Gasteiger partial charge < -0.3 is 20.1 Å². The molecule has 262 valence electrons. The maximum atomic E-state index is 12.5. The number of allylic oxidation sites excluding steroid dienone is 1. The number of ether oxygens (including phenoxy) is 2. The minimum Gasteiger partial charge on any atom is -0.498 e. The number of hydrogen-bond acceptors (Lipinski definition) is 7. The standard InChI is InChI=1S/C35H70NO7P/c1-3-5-7-9-11-13-15-16-17-19-21-23-25-27-30-40-32-34(33-42-44(38,39)41-31-29-36)43-35(37)28-26-24-22-20-18-14-12-10-8-6-4-2/h27,30,34H,3-26,28-29,31-33,36H2,1-2H3,(H,38,39)/b30-27+/t34-/m1/s1. The number of carbonyl (C=O) groups excluding carboxylic acids is 1. The Labute approximate surface area is 271 Å². The van der Waals surface area contributed by atoms with Crippen molar-refractivity contribution in [1.29, 1.82) is 0 Å². The summed E-state index contributed by atoms with van der Waals surface area (Å²) in [5, 5.41) is 0. The zero-order valence-electron chi connectivity index (χ0n) is 28.7. The Morgan fingerprint density at radius 2 is 1.14 bits per heavy atom. The number of esters is 1. The Morgan fingerprint density at radius 3 is 1.61 bits per heavy atom. The van der Waals surface area contributed by atoms with E-state index in [9.17, 15) is 14.3 Å². The first kappa shape index (κ1) is 43.1. The van der Waals surface area contributed by atoms with E-state index in [4.69, 9.17) is 24.3 Å². The predicted molar refractivity (Wildman–Crippen MR) is 183 cm³/mol. The lowest BCUT2D eigenvalue weighted by atomic mass is 10.0. The van der Waals surface area contributed by atoms with Crippen LogP contribution in [0.25, 0.3) is 0 Å². The molecule has 0 spiro atoms. The summed E-state index contributed by atoms with van der Waals surface area (Å²) in [5.41, 5.74) is 5.34. The topological polar surface area (TPSA) is 117 Å². The molecule has 0 saturated heterocycles. The smallest absolute Gasteiger partial charge is 0.472 e. The molecular formula is C35H70NO7P. The van der Waals surface area contributed by atoms with Crippen molar-refractivity contribution in [1.82, 2.24) is 0 Å². The Kier molecular flexibility index (Phi) is 32.7. The van der Waals surface area contributed by atoms with Gasteiger partial charge in [0.25, 0.3) is 0 Å². The quantitative estimate of drug-likeness (QED) is 0.0302. The van der Waals surface area contributed by atoms with Crippen LogP contribution >= 0.6 is 7.82 Å². The van der Waals surface area contributed by atoms with Gasteiger partial charge in [0.05, 0.1) is 19.5 Å². The summed E-state index contributed by atoms with van der Waals surface area (Å²) >= 11 is 0. The normalized spacial score (nSPS) is 13.7. The molecule has 8 nitrogen and oxygen atoms in total. The van der Waals surface area contributed by atoms with Crippen molar-refractivity contribution in [2.75, 3.05) is 26.4 Å². The lowest BCUT2D eigenvalue weighted by molar-refractivity contribution is -0.153. The summed E-state index contributed by atoms with van der Waals surface area (Å²) in [6, 6.07) is 0. The van der Waals surface area contributed by atoms with Crippen LogP contribution in [-0.2, 0) is 27.9 Å². The maximum Gasteiger partial charge on any atom is 0.472 e. The third kappa shape index (κ3) is 32.5. The predicted octanol–water partition coefficient (Wildman–Crippen LogP) is 10.3. The van der Waals surface area contributed by atoms with Crippen molar-refractivity contribution in [3.05, 3.63) is 12.3 Å². The van der Waals surface area contributed by atoms with Gasteiger partial charge in [-0.3, -0.25) is 13.8 Å². The monoisotopic (exact) mass is 647 g/mol. The summed E-state index contributed by atoms with van der Waals surface area (Å²) in [7, 11) is -4.28. The number of hydrogen-bond donors (Lipinski definition) is 2. The number of nitrogens with two attached hydrogens (primary N) is 1. The molecule has 3 N–H and O–H groups in total. The van der Waals surface area contributed by atoms with Gasteiger partial charge in [0.15, 0.2) is 6.10 Å². The van der Waals surface area contributed by atoms with Gasteiger partial charge in [-0.2, -0.15) is 0 Å². The molecule has 0 aromatic rings. The lowest BCUT2D eigenvalue weighted by Gasteiger charge is -2.19. The third-order valence-corrected chi connectivity index (χ3v) is 8.76. The molecule has 44 heavy (non-hydrogen) atoms. The molecule has 0 heterocycles. The van der Waals surface area contributed by atoms with E-state index in [2.05, 4.69) is 13.8 Å². The summed E-state index contributed by atoms with van der Waals surface area (Å²) < 4.78 is 33.0. The van der Waals surface area contributed by atoms with Crippen molar-refractivity contribution in [3.8, 4) is 0 Å². The largest absolute Gasteiger partial charge is 0.498 e. The minimum absolute atomic E-state index is 0.0375. The summed E-state index contributed by atoms with van der Waals surface area (Å²) in [6.45, 7) is 4.24. The second-order valence-corrected chi connectivity index (χ2v) is 13.6. The molecular weight excluding hydrogens is 577 g/mol. The summed E-state index contributed by atoms with van der Waals surface area (Å²) in [4.78, 5) is 22.3. The van der Waals surface area contributed by atoms with Gasteiger partial charge in [0.1, 0.15) is 6.61 Å². The highest BCUT2D eigenvalue weighted by Crippen LogP contribution is 2.43. The van der Waals surface area contributed by atoms with Gasteiger partial charge >= 0.3 is 13.8 Å². The average Bonchev–Trinajstić information content (AvgIpc) is 3.01. The molecule has 0 fully saturated rings. The molecule has 0 radical (unpaired) electrons. The molecule has 0 bridgehead atoms. The molecule has 9 heteroatoms. The second-order valence-electron chi connectivity index (χ2n) is 12.2. The molecule has 1 unspecified atom stereocenters. The van der Waals surface area contributed by atoms with Crippen LogP contribution in [0.4, 0.5) is 0 Å². The molecule has 0 aliphatic carbocycles. The molecule has 0 amide bonds. The zero-order valence-corrected chi connectivity index (χ0v) is 29.6. The first-order valence-electron chi connectivity index (χ1n) is 18.2. The van der Waals surface area contributed by atoms with Crippen LogP contribution in [0.5, 0.6) is 0 Å². The first-order valence-corrected chi connectivity index (χ1v) is 19.7. The number of phosphoric ester groups is 1. The van der Waals surface area contributed by atoms with E-state index in [1.807, 2.05) is 6.08 Å². The average molecular weight is 648 g/mol. The van der Waals surface area contributed by atoms with E-state index in [1.54, 1.807) is 6.26 Å². The fourth-order valence-electron chi connectivity index (χ4n) is 5.08. The van der Waals surface area contributed by atoms with Crippen LogP contribution in [0.3, 0.4) is 0 Å². The van der Waals surface area contributed by atoms with Crippen LogP contribution in [-0.4, -0.2) is 43.3 Å². The van der Waals surface area contributed by atoms with Crippen LogP contribution in [0, 0.1) is 0 Å². The summed E-state index contributed by atoms with van der Waals surface area (Å²) in [6.07, 6.45) is 33.1. The minimum atomic E-state index is -4.28. The molecule has 0 aromatic carbocycles. The number of carbonyl (C=O) groups is 1. The van der Waals surface area contributed by atoms with Crippen LogP contribution in [0.15, 0.2) is 12.3 Å². The van der Waals surface area contributed by atoms with Crippen molar-refractivity contribution in [2.45, 2.75) is 180 Å². The molecule has 0 aliphatic rings. The molecule has 2 atom stereocenters. The zero-order chi connectivity index (χ0) is 32.4. The highest BCUT2D eigenvalue weighted by Gasteiger charge is 2.25. The second kappa shape index (κ2) is 33.4. The van der Waals surface area contributed by atoms with Gasteiger partial charge in [0.2, 0.25) is 0 Å². The van der Waals surface area contributed by atoms with Gasteiger partial charge in [-0.25, -0.2) is 4.57 Å². The number of rotatable bonds is 35. The van der Waals surface area contributed by atoms with E-state index in [0.29, 0.717) is 6.42 Å². The van der Waals surface area contributed by atoms with E-state index >= 15 is 0 Å². The van der Waals surface area contributed by atoms with Crippen molar-refractivity contribution < 1.29 is 32.8 Å². The lowest BCUT2D eigenvalue weighted by Crippen LogP contribution is -2.27. The fraction of sp³-hybridized carbons (Fsp3) is 0.914. The van der Waals surface area contributed by atoms with E-state index in [-0.39, 0.29) is 32.3 Å². The van der Waals surface area contributed by atoms with E-state index < -0.39 is 13.9 Å². The van der Waals surface area contributed by atoms with Gasteiger partial charge in [-0.1, -0.05) is 149 Å². The number of unbranched alkanes of at least 4 members (excludes halogenated alkanes) is 22. The highest BCUT2D eigenvalue weighted by atomic mass is 31.2. The first-order chi connectivity index (χ1) is 21.4. The SMILES string of the molecule is CCCCCCCCCCCCCC/C=C/OC[C@H](COP(=O)(O)OCCN)OC(=O)CCCCCCCCCCCCC. The van der Waals surface area contributed by atoms with Gasteiger partial charge in [-0.15, -0.1) is 0 Å². The van der Waals surface area contributed by atoms with Crippen molar-refractivity contribution >= 4 is 13.8 Å². The Bertz CT molecular complexity index is 692. The molecule has 0 rings (SSSR count). The Morgan fingerprint density at radius 1 is 0.682 bits per heavy atom. The fourth-order valence-corrected chi connectivity index (χ4v) is 5.84. The Balaban J connectivity index is 4.14. The van der Waals surface area contributed by atoms with Crippen LogP contribution in [0.1, 0.15) is 174 Å². The maximum absolute atomic E-state index is 12.5. The van der Waals surface area contributed by atoms with E-state index in [0.717, 1.165) is 32.1 Å². The van der Waals surface area contributed by atoms with Crippen LogP contribution < -0.4 is 5.73 Å². The number of phosphoric acid groups is 1. The summed E-state index contributed by atoms with van der Waals surface area (Å²) in [5.74, 6) is -0.353. The third-order valence-electron chi connectivity index (χ3n) is 7.78. The molecule has 0 aliphatic heterocycles. The van der Waals surface area contributed by atoms with Gasteiger partial charge in [0, 0.05) is 13.0 Å².